The van der Waals surface area contributed by atoms with E-state index in [1.807, 2.05) is 18.2 Å². The lowest BCUT2D eigenvalue weighted by Gasteiger charge is -2.61. The Hall–Kier alpha value is -6.06. The van der Waals surface area contributed by atoms with E-state index in [4.69, 9.17) is 14.4 Å². The number of nitrogens with zero attached hydrogens (tertiary/aromatic N) is 2. The van der Waals surface area contributed by atoms with Crippen LogP contribution < -0.4 is 0 Å². The third kappa shape index (κ3) is 4.11. The Bertz CT molecular complexity index is 3030. The molecule has 55 heavy (non-hydrogen) atoms. The van der Waals surface area contributed by atoms with E-state index in [0.717, 1.165) is 50.8 Å². The maximum atomic E-state index is 6.30. The van der Waals surface area contributed by atoms with Gasteiger partial charge in [0.25, 0.3) is 0 Å². The van der Waals surface area contributed by atoms with E-state index >= 15 is 0 Å². The molecule has 0 unspecified atom stereocenters. The maximum Gasteiger partial charge on any atom is 0.246 e. The van der Waals surface area contributed by atoms with Crippen molar-refractivity contribution in [2.45, 2.75) is 37.5 Å². The van der Waals surface area contributed by atoms with E-state index in [2.05, 4.69) is 127 Å². The minimum Gasteiger partial charge on any atom is -0.436 e. The molecule has 0 aliphatic heterocycles. The van der Waals surface area contributed by atoms with Gasteiger partial charge in [0.15, 0.2) is 0 Å². The van der Waals surface area contributed by atoms with E-state index in [9.17, 15) is 0 Å². The molecular weight excluding hydrogens is 669 g/mol. The van der Waals surface area contributed by atoms with Crippen LogP contribution in [0.2, 0.25) is 0 Å². The Labute approximate surface area is 319 Å². The maximum absolute atomic E-state index is 6.30. The smallest absolute Gasteiger partial charge is 0.246 e. The lowest BCUT2D eigenvalue weighted by Crippen LogP contribution is -2.55. The summed E-state index contributed by atoms with van der Waals surface area (Å²) >= 11 is 0. The molecule has 1 spiro atoms. The number of benzene rings is 7. The Morgan fingerprint density at radius 3 is 1.95 bits per heavy atom. The summed E-state index contributed by atoms with van der Waals surface area (Å²) in [6, 6.07) is 53.7. The molecule has 4 fully saturated rings. The van der Waals surface area contributed by atoms with Gasteiger partial charge in [-0.15, -0.1) is 0 Å². The predicted octanol–water partition coefficient (Wildman–Crippen LogP) is 13.4. The molecule has 5 aliphatic carbocycles. The highest BCUT2D eigenvalue weighted by Crippen LogP contribution is 2.70. The lowest BCUT2D eigenvalue weighted by molar-refractivity contribution is -0.0398. The van der Waals surface area contributed by atoms with Gasteiger partial charge in [-0.2, -0.15) is 0 Å². The zero-order valence-corrected chi connectivity index (χ0v) is 30.5. The summed E-state index contributed by atoms with van der Waals surface area (Å²) in [5.41, 5.74) is 14.7. The number of aromatic nitrogens is 2. The first kappa shape index (κ1) is 30.3. The van der Waals surface area contributed by atoms with Crippen LogP contribution in [-0.2, 0) is 5.41 Å². The average Bonchev–Trinajstić information content (AvgIpc) is 3.73. The molecule has 4 bridgehead atoms. The van der Waals surface area contributed by atoms with Crippen molar-refractivity contribution in [2.24, 2.45) is 23.7 Å². The van der Waals surface area contributed by atoms with Gasteiger partial charge in [-0.1, -0.05) is 115 Å². The summed E-state index contributed by atoms with van der Waals surface area (Å²) in [5, 5.41) is 6.11. The lowest BCUT2D eigenvalue weighted by atomic mass is 9.43. The van der Waals surface area contributed by atoms with Crippen LogP contribution in [0.4, 0.5) is 0 Å². The summed E-state index contributed by atoms with van der Waals surface area (Å²) in [6.45, 7) is 0. The first-order valence-electron chi connectivity index (χ1n) is 20.2. The molecule has 0 saturated heterocycles. The molecule has 5 aliphatic rings. The molecule has 0 atom stereocenters. The van der Waals surface area contributed by atoms with Gasteiger partial charge in [-0.3, -0.25) is 0 Å². The van der Waals surface area contributed by atoms with E-state index in [1.165, 1.54) is 75.9 Å². The summed E-state index contributed by atoms with van der Waals surface area (Å²) in [5.74, 6) is 3.19. The van der Waals surface area contributed by atoms with Crippen LogP contribution in [0.25, 0.3) is 88.5 Å². The Morgan fingerprint density at radius 1 is 0.473 bits per heavy atom. The second-order valence-electron chi connectivity index (χ2n) is 16.9. The molecule has 4 saturated carbocycles. The van der Waals surface area contributed by atoms with Crippen LogP contribution in [0.1, 0.15) is 43.2 Å². The zero-order chi connectivity index (χ0) is 35.8. The Kier molecular flexibility index (Phi) is 6.06. The quantitative estimate of drug-likeness (QED) is 0.184. The normalized spacial score (nSPS) is 23.3. The summed E-state index contributed by atoms with van der Waals surface area (Å²) < 4.78 is 6.30. The van der Waals surface area contributed by atoms with Crippen LogP contribution in [-0.4, -0.2) is 9.97 Å². The largest absolute Gasteiger partial charge is 0.436 e. The van der Waals surface area contributed by atoms with Crippen molar-refractivity contribution in [3.63, 3.8) is 0 Å². The van der Waals surface area contributed by atoms with E-state index in [-0.39, 0.29) is 5.41 Å². The van der Waals surface area contributed by atoms with Gasteiger partial charge in [0.1, 0.15) is 16.8 Å². The minimum atomic E-state index is 0.0743. The molecule has 0 amide bonds. The van der Waals surface area contributed by atoms with Gasteiger partial charge in [-0.25, -0.2) is 9.97 Å². The number of hydrogen-bond donors (Lipinski definition) is 0. The monoisotopic (exact) mass is 706 g/mol. The van der Waals surface area contributed by atoms with Crippen molar-refractivity contribution in [3.05, 3.63) is 157 Å². The Balaban J connectivity index is 1.07. The third-order valence-corrected chi connectivity index (χ3v) is 14.2. The van der Waals surface area contributed by atoms with Crippen LogP contribution in [0.15, 0.2) is 150 Å². The molecule has 3 nitrogen and oxygen atoms in total. The Morgan fingerprint density at radius 2 is 1.15 bits per heavy atom. The topological polar surface area (TPSA) is 38.9 Å². The second-order valence-corrected chi connectivity index (χ2v) is 16.9. The molecule has 7 aromatic carbocycles. The van der Waals surface area contributed by atoms with Gasteiger partial charge in [0, 0.05) is 21.9 Å². The fourth-order valence-electron chi connectivity index (χ4n) is 12.3. The molecular formula is C52H38N2O. The highest BCUT2D eigenvalue weighted by molar-refractivity contribution is 6.10. The van der Waals surface area contributed by atoms with Crippen molar-refractivity contribution < 1.29 is 4.42 Å². The molecule has 2 aromatic heterocycles. The van der Waals surface area contributed by atoms with Gasteiger partial charge in [0.05, 0.1) is 5.69 Å². The molecule has 262 valence electrons. The van der Waals surface area contributed by atoms with Gasteiger partial charge in [0.2, 0.25) is 5.71 Å². The number of furan rings is 1. The van der Waals surface area contributed by atoms with Crippen LogP contribution in [0, 0.1) is 23.7 Å². The van der Waals surface area contributed by atoms with Crippen molar-refractivity contribution in [1.29, 1.82) is 0 Å². The zero-order valence-electron chi connectivity index (χ0n) is 30.5. The summed E-state index contributed by atoms with van der Waals surface area (Å²) in [6.07, 6.45) is 6.93. The van der Waals surface area contributed by atoms with Crippen molar-refractivity contribution in [1.82, 2.24) is 9.97 Å². The summed E-state index contributed by atoms with van der Waals surface area (Å²) in [4.78, 5) is 10.7. The number of para-hydroxylation sites is 1. The summed E-state index contributed by atoms with van der Waals surface area (Å²) in [7, 11) is 0. The van der Waals surface area contributed by atoms with Crippen molar-refractivity contribution >= 4 is 43.7 Å². The molecule has 3 heteroatoms. The van der Waals surface area contributed by atoms with Crippen LogP contribution in [0.3, 0.4) is 0 Å². The molecule has 0 N–H and O–H groups in total. The third-order valence-electron chi connectivity index (χ3n) is 14.2. The predicted molar refractivity (Wildman–Crippen MR) is 224 cm³/mol. The molecule has 9 aromatic rings. The van der Waals surface area contributed by atoms with Crippen LogP contribution >= 0.6 is 0 Å². The molecule has 14 rings (SSSR count). The minimum absolute atomic E-state index is 0.0743. The SMILES string of the molecule is c1ccc(-c2nc3oc4ccccc4c3nc2-c2cccc3cccc(-c4ccc5c(c4)C4(c6cc7ccccc7cc6-5)C5CC6CC(C5)CC4C6)c23)cc1. The van der Waals surface area contributed by atoms with Gasteiger partial charge >= 0.3 is 0 Å². The highest BCUT2D eigenvalue weighted by Gasteiger charge is 2.61. The molecule has 2 heterocycles. The number of rotatable bonds is 3. The fraction of sp³-hybridized carbons (Fsp3) is 0.192. The fourth-order valence-corrected chi connectivity index (χ4v) is 12.3. The van der Waals surface area contributed by atoms with Gasteiger partial charge in [-0.05, 0) is 141 Å². The van der Waals surface area contributed by atoms with Crippen LogP contribution in [0.5, 0.6) is 0 Å². The highest BCUT2D eigenvalue weighted by atomic mass is 16.3. The van der Waals surface area contributed by atoms with Crippen molar-refractivity contribution in [3.8, 4) is 44.8 Å². The second kappa shape index (κ2) is 11.0. The van der Waals surface area contributed by atoms with Gasteiger partial charge < -0.3 is 4.42 Å². The van der Waals surface area contributed by atoms with E-state index in [1.54, 1.807) is 11.1 Å². The number of fused-ring (bicyclic) bond motifs is 8. The average molecular weight is 707 g/mol. The standard InChI is InChI=1S/C52H38N2O/c1-2-10-33(11-3-1)48-49(53-50-41-16-6-7-19-46(41)55-51(50)54-48)42-18-9-15-32-14-8-17-39(47(32)42)36-20-21-40-43-27-34-12-4-5-13-35(34)28-45(43)52(44(40)29-36)37-23-30-22-31(25-37)26-38(52)24-30/h1-21,27-31,37-38H,22-26H2. The molecule has 0 radical (unpaired) electrons. The van der Waals surface area contributed by atoms with E-state index < -0.39 is 0 Å². The first-order chi connectivity index (χ1) is 27.2. The number of hydrogen-bond acceptors (Lipinski definition) is 3. The van der Waals surface area contributed by atoms with Crippen molar-refractivity contribution in [2.75, 3.05) is 0 Å². The van der Waals surface area contributed by atoms with E-state index in [0.29, 0.717) is 17.5 Å². The first-order valence-corrected chi connectivity index (χ1v) is 20.2.